The molecule has 1 heterocycles. The van der Waals surface area contributed by atoms with Gasteiger partial charge in [-0.05, 0) is 5.92 Å². The molecule has 0 aliphatic carbocycles. The van der Waals surface area contributed by atoms with Crippen LogP contribution in [0.1, 0.15) is 26.7 Å². The zero-order valence-corrected chi connectivity index (χ0v) is 8.08. The fourth-order valence-corrected chi connectivity index (χ4v) is 1.64. The van der Waals surface area contributed by atoms with Crippen molar-refractivity contribution in [3.8, 4) is 0 Å². The quantitative estimate of drug-likeness (QED) is 0.721. The first-order chi connectivity index (χ1) is 6.04. The van der Waals surface area contributed by atoms with Gasteiger partial charge in [0.2, 0.25) is 0 Å². The van der Waals surface area contributed by atoms with Gasteiger partial charge in [0, 0.05) is 6.42 Å². The van der Waals surface area contributed by atoms with Crippen LogP contribution >= 0.6 is 0 Å². The molecule has 0 aromatic rings. The molecular weight excluding hydrogens is 172 g/mol. The third-order valence-electron chi connectivity index (χ3n) is 1.95. The number of hydrogen-bond acceptors (Lipinski definition) is 3. The van der Waals surface area contributed by atoms with Gasteiger partial charge in [0.15, 0.2) is 5.79 Å². The average Bonchev–Trinajstić information content (AvgIpc) is 2.33. The van der Waals surface area contributed by atoms with Crippen LogP contribution in [-0.2, 0) is 14.3 Å². The van der Waals surface area contributed by atoms with E-state index in [1.54, 1.807) is 0 Å². The molecule has 1 N–H and O–H groups in total. The van der Waals surface area contributed by atoms with Crippen molar-refractivity contribution in [1.29, 1.82) is 0 Å². The van der Waals surface area contributed by atoms with E-state index < -0.39 is 11.8 Å². The number of ether oxygens (including phenoxy) is 2. The van der Waals surface area contributed by atoms with E-state index in [2.05, 4.69) is 0 Å². The minimum atomic E-state index is -0.873. The smallest absolute Gasteiger partial charge is 0.308 e. The zero-order valence-electron chi connectivity index (χ0n) is 8.08. The maximum Gasteiger partial charge on any atom is 0.308 e. The molecule has 0 bridgehead atoms. The lowest BCUT2D eigenvalue weighted by Gasteiger charge is -2.27. The maximum atomic E-state index is 10.6. The lowest BCUT2D eigenvalue weighted by molar-refractivity contribution is -0.185. The summed E-state index contributed by atoms with van der Waals surface area (Å²) in [6.07, 6.45) is 0.574. The molecule has 0 radical (unpaired) electrons. The number of carboxylic acids is 1. The van der Waals surface area contributed by atoms with Gasteiger partial charge in [-0.2, -0.15) is 0 Å². The summed E-state index contributed by atoms with van der Waals surface area (Å²) in [5.74, 6) is -1.36. The Morgan fingerprint density at radius 1 is 1.46 bits per heavy atom. The van der Waals surface area contributed by atoms with Crippen LogP contribution in [0.3, 0.4) is 0 Å². The van der Waals surface area contributed by atoms with E-state index in [9.17, 15) is 4.79 Å². The number of hydrogen-bond donors (Lipinski definition) is 1. The number of carboxylic acid groups (broad SMARTS) is 1. The first-order valence-corrected chi connectivity index (χ1v) is 4.54. The van der Waals surface area contributed by atoms with Crippen molar-refractivity contribution in [1.82, 2.24) is 0 Å². The Balaban J connectivity index is 2.57. The fraction of sp³-hybridized carbons (Fsp3) is 0.889. The van der Waals surface area contributed by atoms with Crippen molar-refractivity contribution < 1.29 is 19.4 Å². The van der Waals surface area contributed by atoms with Gasteiger partial charge >= 0.3 is 5.97 Å². The highest BCUT2D eigenvalue weighted by Crippen LogP contribution is 2.30. The second-order valence-corrected chi connectivity index (χ2v) is 3.78. The molecule has 0 saturated carbocycles. The van der Waals surface area contributed by atoms with E-state index in [1.165, 1.54) is 0 Å². The van der Waals surface area contributed by atoms with Crippen molar-refractivity contribution in [2.24, 2.45) is 5.92 Å². The summed E-state index contributed by atoms with van der Waals surface area (Å²) >= 11 is 0. The SMILES string of the molecule is CC(C)CC1(CC(=O)O)OCCO1. The summed E-state index contributed by atoms with van der Waals surface area (Å²) in [6, 6.07) is 0. The molecule has 1 fully saturated rings. The van der Waals surface area contributed by atoms with E-state index >= 15 is 0 Å². The predicted molar refractivity (Wildman–Crippen MR) is 46.3 cm³/mol. The molecule has 0 aromatic heterocycles. The highest BCUT2D eigenvalue weighted by Gasteiger charge is 2.39. The number of carbonyl (C=O) groups is 1. The van der Waals surface area contributed by atoms with Crippen LogP contribution in [0.4, 0.5) is 0 Å². The molecule has 1 rings (SSSR count). The third-order valence-corrected chi connectivity index (χ3v) is 1.95. The molecule has 1 aliphatic heterocycles. The average molecular weight is 188 g/mol. The summed E-state index contributed by atoms with van der Waals surface area (Å²) in [5, 5.41) is 8.69. The minimum Gasteiger partial charge on any atom is -0.481 e. The molecule has 13 heavy (non-hydrogen) atoms. The summed E-state index contributed by atoms with van der Waals surface area (Å²) in [4.78, 5) is 10.6. The van der Waals surface area contributed by atoms with E-state index in [-0.39, 0.29) is 6.42 Å². The van der Waals surface area contributed by atoms with Gasteiger partial charge in [-0.15, -0.1) is 0 Å². The number of rotatable bonds is 4. The largest absolute Gasteiger partial charge is 0.481 e. The lowest BCUT2D eigenvalue weighted by atomic mass is 10.00. The zero-order chi connectivity index (χ0) is 9.90. The molecule has 0 aromatic carbocycles. The van der Waals surface area contributed by atoms with Gasteiger partial charge < -0.3 is 14.6 Å². The molecule has 0 amide bonds. The standard InChI is InChI=1S/C9H16O4/c1-7(2)5-9(6-8(10)11)12-3-4-13-9/h7H,3-6H2,1-2H3,(H,10,11). The van der Waals surface area contributed by atoms with Crippen molar-refractivity contribution in [2.75, 3.05) is 13.2 Å². The summed E-state index contributed by atoms with van der Waals surface area (Å²) in [7, 11) is 0. The Bertz CT molecular complexity index is 182. The van der Waals surface area contributed by atoms with Crippen molar-refractivity contribution in [2.45, 2.75) is 32.5 Å². The Labute approximate surface area is 77.8 Å². The van der Waals surface area contributed by atoms with Crippen LogP contribution in [-0.4, -0.2) is 30.1 Å². The first kappa shape index (κ1) is 10.5. The van der Waals surface area contributed by atoms with Crippen molar-refractivity contribution in [3.05, 3.63) is 0 Å². The summed E-state index contributed by atoms with van der Waals surface area (Å²) in [5.41, 5.74) is 0. The minimum absolute atomic E-state index is 0.0643. The Morgan fingerprint density at radius 2 is 2.00 bits per heavy atom. The van der Waals surface area contributed by atoms with Gasteiger partial charge in [-0.3, -0.25) is 4.79 Å². The van der Waals surface area contributed by atoms with E-state index in [1.807, 2.05) is 13.8 Å². The number of aliphatic carboxylic acids is 1. The van der Waals surface area contributed by atoms with Crippen LogP contribution < -0.4 is 0 Å². The highest BCUT2D eigenvalue weighted by atomic mass is 16.7. The molecule has 4 heteroatoms. The molecule has 0 spiro atoms. The summed E-state index contributed by atoms with van der Waals surface area (Å²) < 4.78 is 10.7. The lowest BCUT2D eigenvalue weighted by Crippen LogP contribution is -2.34. The van der Waals surface area contributed by atoms with E-state index in [0.717, 1.165) is 0 Å². The molecule has 0 unspecified atom stereocenters. The summed E-state index contributed by atoms with van der Waals surface area (Å²) in [6.45, 7) is 5.04. The molecule has 76 valence electrons. The van der Waals surface area contributed by atoms with Crippen LogP contribution in [0.15, 0.2) is 0 Å². The van der Waals surface area contributed by atoms with Gasteiger partial charge in [0.25, 0.3) is 0 Å². The third kappa shape index (κ3) is 2.97. The first-order valence-electron chi connectivity index (χ1n) is 4.54. The highest BCUT2D eigenvalue weighted by molar-refractivity contribution is 5.67. The Morgan fingerprint density at radius 3 is 2.38 bits per heavy atom. The van der Waals surface area contributed by atoms with Crippen LogP contribution in [0.5, 0.6) is 0 Å². The van der Waals surface area contributed by atoms with Crippen LogP contribution in [0.25, 0.3) is 0 Å². The second kappa shape index (κ2) is 4.07. The normalized spacial score (nSPS) is 20.8. The molecule has 0 atom stereocenters. The fourth-order valence-electron chi connectivity index (χ4n) is 1.64. The molecule has 1 aliphatic rings. The van der Waals surface area contributed by atoms with Gasteiger partial charge in [0.1, 0.15) is 0 Å². The predicted octanol–water partition coefficient (Wildman–Crippen LogP) is 1.25. The van der Waals surface area contributed by atoms with E-state index in [0.29, 0.717) is 25.6 Å². The molecule has 1 saturated heterocycles. The second-order valence-electron chi connectivity index (χ2n) is 3.78. The van der Waals surface area contributed by atoms with Gasteiger partial charge in [0.05, 0.1) is 19.6 Å². The molecule has 4 nitrogen and oxygen atoms in total. The molecular formula is C9H16O4. The van der Waals surface area contributed by atoms with Gasteiger partial charge in [-0.25, -0.2) is 0 Å². The van der Waals surface area contributed by atoms with Crippen LogP contribution in [0, 0.1) is 5.92 Å². The van der Waals surface area contributed by atoms with Crippen molar-refractivity contribution >= 4 is 5.97 Å². The van der Waals surface area contributed by atoms with Crippen molar-refractivity contribution in [3.63, 3.8) is 0 Å². The monoisotopic (exact) mass is 188 g/mol. The van der Waals surface area contributed by atoms with Crippen LogP contribution in [0.2, 0.25) is 0 Å². The Hall–Kier alpha value is -0.610. The maximum absolute atomic E-state index is 10.6. The van der Waals surface area contributed by atoms with Gasteiger partial charge in [-0.1, -0.05) is 13.8 Å². The topological polar surface area (TPSA) is 55.8 Å². The van der Waals surface area contributed by atoms with E-state index in [4.69, 9.17) is 14.6 Å². The Kier molecular flexibility index (Phi) is 3.27.